The molecule has 8 aromatic carbocycles. The minimum Gasteiger partial charge on any atom is -0.309 e. The van der Waals surface area contributed by atoms with Crippen LogP contribution in [0.2, 0.25) is 0 Å². The maximum atomic E-state index is 10.9. The molecule has 0 atom stereocenters. The Morgan fingerprint density at radius 3 is 1.59 bits per heavy atom. The van der Waals surface area contributed by atoms with E-state index in [2.05, 4.69) is 120 Å². The van der Waals surface area contributed by atoms with Crippen LogP contribution in [-0.4, -0.2) is 19.5 Å². The highest BCUT2D eigenvalue weighted by Crippen LogP contribution is 2.62. The summed E-state index contributed by atoms with van der Waals surface area (Å²) in [4.78, 5) is 17.2. The van der Waals surface area contributed by atoms with Gasteiger partial charge in [0, 0.05) is 37.4 Å². The van der Waals surface area contributed by atoms with Crippen LogP contribution in [0.4, 0.5) is 0 Å². The van der Waals surface area contributed by atoms with Crippen molar-refractivity contribution in [3.8, 4) is 63.1 Å². The summed E-state index contributed by atoms with van der Waals surface area (Å²) in [6.07, 6.45) is 0. The zero-order valence-corrected chi connectivity index (χ0v) is 33.2. The smallest absolute Gasteiger partial charge is 0.166 e. The second kappa shape index (κ2) is 13.5. The number of benzene rings is 8. The molecule has 3 heterocycles. The molecular formula is C54H30N6S. The molecule has 0 bridgehead atoms. The van der Waals surface area contributed by atoms with Crippen molar-refractivity contribution in [3.05, 3.63) is 215 Å². The monoisotopic (exact) mass is 794 g/mol. The van der Waals surface area contributed by atoms with Crippen molar-refractivity contribution in [2.45, 2.75) is 15.2 Å². The van der Waals surface area contributed by atoms with Gasteiger partial charge in [0.1, 0.15) is 12.1 Å². The lowest BCUT2D eigenvalue weighted by Gasteiger charge is -2.39. The van der Waals surface area contributed by atoms with E-state index >= 15 is 0 Å². The summed E-state index contributed by atoms with van der Waals surface area (Å²) in [5.74, 6) is 1.18. The van der Waals surface area contributed by atoms with E-state index in [9.17, 15) is 10.5 Å². The van der Waals surface area contributed by atoms with Gasteiger partial charge in [-0.3, -0.25) is 0 Å². The molecule has 0 saturated carbocycles. The lowest BCUT2D eigenvalue weighted by atomic mass is 9.67. The summed E-state index contributed by atoms with van der Waals surface area (Å²) >= 11 is 1.84. The number of nitrogens with zero attached hydrogens (tertiary/aromatic N) is 6. The van der Waals surface area contributed by atoms with Crippen LogP contribution in [0.25, 0.3) is 72.8 Å². The largest absolute Gasteiger partial charge is 0.309 e. The van der Waals surface area contributed by atoms with Crippen molar-refractivity contribution in [1.29, 1.82) is 10.5 Å². The Hall–Kier alpha value is -8.10. The zero-order chi connectivity index (χ0) is 40.7. The van der Waals surface area contributed by atoms with Crippen molar-refractivity contribution >= 4 is 33.6 Å². The number of rotatable bonds is 4. The minimum absolute atomic E-state index is 0.264. The number of hydrogen-bond donors (Lipinski definition) is 0. The fraction of sp³-hybridized carbons (Fsp3) is 0.0185. The molecule has 0 fully saturated rings. The Balaban J connectivity index is 1.12. The van der Waals surface area contributed by atoms with Crippen LogP contribution in [0, 0.1) is 22.7 Å². The normalized spacial score (nSPS) is 13.0. The van der Waals surface area contributed by atoms with Crippen LogP contribution in [0.1, 0.15) is 33.4 Å². The molecule has 0 unspecified atom stereocenters. The Morgan fingerprint density at radius 2 is 0.967 bits per heavy atom. The first-order valence-corrected chi connectivity index (χ1v) is 20.9. The number of para-hydroxylation sites is 1. The first-order chi connectivity index (χ1) is 30.1. The molecular weight excluding hydrogens is 765 g/mol. The van der Waals surface area contributed by atoms with Gasteiger partial charge in [0.2, 0.25) is 0 Å². The summed E-state index contributed by atoms with van der Waals surface area (Å²) in [5.41, 5.74) is 12.1. The predicted molar refractivity (Wildman–Crippen MR) is 241 cm³/mol. The van der Waals surface area contributed by atoms with Crippen molar-refractivity contribution in [2.24, 2.45) is 0 Å². The fourth-order valence-corrected chi connectivity index (χ4v) is 10.9. The number of hydrogen-bond acceptors (Lipinski definition) is 6. The summed E-state index contributed by atoms with van der Waals surface area (Å²) in [7, 11) is 0. The van der Waals surface area contributed by atoms with Crippen LogP contribution in [0.15, 0.2) is 192 Å². The van der Waals surface area contributed by atoms with E-state index < -0.39 is 5.41 Å². The average Bonchev–Trinajstić information content (AvgIpc) is 3.80. The van der Waals surface area contributed by atoms with E-state index in [0.717, 1.165) is 38.5 Å². The van der Waals surface area contributed by atoms with E-state index in [1.807, 2.05) is 90.6 Å². The van der Waals surface area contributed by atoms with E-state index in [-0.39, 0.29) is 5.82 Å². The highest BCUT2D eigenvalue weighted by molar-refractivity contribution is 7.99. The Kier molecular flexibility index (Phi) is 7.71. The van der Waals surface area contributed by atoms with Crippen LogP contribution in [0.5, 0.6) is 0 Å². The van der Waals surface area contributed by atoms with Crippen LogP contribution >= 0.6 is 11.8 Å². The van der Waals surface area contributed by atoms with Gasteiger partial charge in [0.05, 0.1) is 33.1 Å². The van der Waals surface area contributed by atoms with Gasteiger partial charge in [-0.2, -0.15) is 10.5 Å². The van der Waals surface area contributed by atoms with Crippen molar-refractivity contribution in [2.75, 3.05) is 0 Å². The molecule has 2 aliphatic rings. The Morgan fingerprint density at radius 1 is 0.443 bits per heavy atom. The maximum absolute atomic E-state index is 10.9. The SMILES string of the molecule is N#Cc1cc(-n2c3ccccc3c3cc4c(cc32)-c2ccccc2C42c3ccccc3Sc3ccccc32)cc(C#N)c1-c1nc(-c2ccccc2)nc(-c2ccccc2)n1. The van der Waals surface area contributed by atoms with Crippen molar-refractivity contribution < 1.29 is 0 Å². The number of nitriles is 2. The van der Waals surface area contributed by atoms with E-state index in [4.69, 9.17) is 15.0 Å². The van der Waals surface area contributed by atoms with Gasteiger partial charge >= 0.3 is 0 Å². The lowest BCUT2D eigenvalue weighted by Crippen LogP contribution is -2.31. The minimum atomic E-state index is -0.521. The summed E-state index contributed by atoms with van der Waals surface area (Å²) in [6.45, 7) is 0. The van der Waals surface area contributed by atoms with Gasteiger partial charge < -0.3 is 4.57 Å². The van der Waals surface area contributed by atoms with Gasteiger partial charge in [-0.1, -0.05) is 151 Å². The molecule has 7 heteroatoms. The van der Waals surface area contributed by atoms with Crippen molar-refractivity contribution in [3.63, 3.8) is 0 Å². The van der Waals surface area contributed by atoms with E-state index in [0.29, 0.717) is 34.0 Å². The van der Waals surface area contributed by atoms with Gasteiger partial charge in [-0.15, -0.1) is 0 Å². The fourth-order valence-electron chi connectivity index (χ4n) is 9.68. The second-order valence-electron chi connectivity index (χ2n) is 15.3. The molecule has 0 amide bonds. The first kappa shape index (κ1) is 34.9. The third-order valence-corrected chi connectivity index (χ3v) is 13.3. The highest BCUT2D eigenvalue weighted by atomic mass is 32.2. The maximum Gasteiger partial charge on any atom is 0.166 e. The molecule has 0 radical (unpaired) electrons. The van der Waals surface area contributed by atoms with E-state index in [1.54, 1.807) is 0 Å². The zero-order valence-electron chi connectivity index (χ0n) is 32.4. The summed E-state index contributed by atoms with van der Waals surface area (Å²) in [6, 6.07) is 67.6. The quantitative estimate of drug-likeness (QED) is 0.176. The third kappa shape index (κ3) is 5.05. The molecule has 1 aliphatic heterocycles. The summed E-state index contributed by atoms with van der Waals surface area (Å²) < 4.78 is 2.20. The lowest BCUT2D eigenvalue weighted by molar-refractivity contribution is 0.723. The number of fused-ring (bicyclic) bond motifs is 12. The highest BCUT2D eigenvalue weighted by Gasteiger charge is 2.50. The topological polar surface area (TPSA) is 91.2 Å². The molecule has 12 rings (SSSR count). The molecule has 6 nitrogen and oxygen atoms in total. The number of aromatic nitrogens is 4. The van der Waals surface area contributed by atoms with Gasteiger partial charge in [0.25, 0.3) is 0 Å². The average molecular weight is 795 g/mol. The molecule has 0 N–H and O–H groups in total. The Labute approximate surface area is 355 Å². The molecule has 282 valence electrons. The van der Waals surface area contributed by atoms with Gasteiger partial charge in [-0.25, -0.2) is 15.0 Å². The molecule has 10 aromatic rings. The van der Waals surface area contributed by atoms with Crippen molar-refractivity contribution in [1.82, 2.24) is 19.5 Å². The molecule has 1 aliphatic carbocycles. The molecule has 2 aromatic heterocycles. The second-order valence-corrected chi connectivity index (χ2v) is 16.4. The van der Waals surface area contributed by atoms with Crippen LogP contribution in [0.3, 0.4) is 0 Å². The van der Waals surface area contributed by atoms with E-state index in [1.165, 1.54) is 37.6 Å². The molecule has 0 saturated heterocycles. The standard InChI is InChI=1S/C54H30N6S/c55-31-35-27-37(28-36(32-56)50(35)53-58-51(33-15-3-1-4-16-33)57-52(59-53)34-17-5-2-6-18-34)60-46-24-12-8-20-39(46)41-29-45-40(30-47(41)60)38-19-7-9-21-42(38)54(45)43-22-10-13-25-48(43)61-49-26-14-11-23-44(49)54/h1-30H. The first-order valence-electron chi connectivity index (χ1n) is 20.1. The predicted octanol–water partition coefficient (Wildman–Crippen LogP) is 12.5. The van der Waals surface area contributed by atoms with Gasteiger partial charge in [-0.05, 0) is 75.8 Å². The molecule has 1 spiro atoms. The third-order valence-electron chi connectivity index (χ3n) is 12.2. The van der Waals surface area contributed by atoms with Gasteiger partial charge in [0.15, 0.2) is 17.5 Å². The Bertz CT molecular complexity index is 3400. The molecule has 61 heavy (non-hydrogen) atoms. The van der Waals surface area contributed by atoms with Crippen LogP contribution in [-0.2, 0) is 5.41 Å². The van der Waals surface area contributed by atoms with Crippen LogP contribution < -0.4 is 0 Å². The summed E-state index contributed by atoms with van der Waals surface area (Å²) in [5, 5.41) is 24.0.